The van der Waals surface area contributed by atoms with Crippen LogP contribution in [0.25, 0.3) is 6.08 Å². The molecule has 0 aliphatic carbocycles. The van der Waals surface area contributed by atoms with Gasteiger partial charge >= 0.3 is 11.9 Å². The van der Waals surface area contributed by atoms with E-state index in [-0.39, 0.29) is 30.5 Å². The minimum Gasteiger partial charge on any atom is -0.493 e. The number of benzene rings is 2. The predicted molar refractivity (Wildman–Crippen MR) is 174 cm³/mol. The highest BCUT2D eigenvalue weighted by Gasteiger charge is 2.34. The van der Waals surface area contributed by atoms with E-state index >= 15 is 0 Å². The van der Waals surface area contributed by atoms with Gasteiger partial charge in [0.1, 0.15) is 5.75 Å². The van der Waals surface area contributed by atoms with Gasteiger partial charge in [-0.3, -0.25) is 9.36 Å². The van der Waals surface area contributed by atoms with E-state index in [0.717, 1.165) is 9.13 Å². The minimum atomic E-state index is -0.805. The highest BCUT2D eigenvalue weighted by atomic mass is 127. The van der Waals surface area contributed by atoms with Crippen molar-refractivity contribution in [1.29, 1.82) is 0 Å². The molecule has 1 atom stereocenters. The zero-order chi connectivity index (χ0) is 31.4. The molecule has 43 heavy (non-hydrogen) atoms. The van der Waals surface area contributed by atoms with Crippen LogP contribution < -0.4 is 29.1 Å². The molecule has 13 heteroatoms. The van der Waals surface area contributed by atoms with Crippen molar-refractivity contribution in [1.82, 2.24) is 4.57 Å². The fourth-order valence-electron chi connectivity index (χ4n) is 4.45. The number of thiazole rings is 1. The highest BCUT2D eigenvalue weighted by Crippen LogP contribution is 2.37. The van der Waals surface area contributed by atoms with Crippen LogP contribution >= 0.6 is 49.9 Å². The second-order valence-corrected chi connectivity index (χ2v) is 12.6. The summed E-state index contributed by atoms with van der Waals surface area (Å²) in [5, 5.41) is 0. The van der Waals surface area contributed by atoms with Gasteiger partial charge in [0.15, 0.2) is 22.9 Å². The monoisotopic (exact) mass is 784 g/mol. The van der Waals surface area contributed by atoms with Crippen LogP contribution in [0.3, 0.4) is 0 Å². The number of esters is 2. The fourth-order valence-corrected chi connectivity index (χ4v) is 7.27. The Morgan fingerprint density at radius 1 is 1.19 bits per heavy atom. The first-order chi connectivity index (χ1) is 20.5. The number of allylic oxidation sites excluding steroid dienone is 1. The minimum absolute atomic E-state index is 0.0776. The molecule has 1 aromatic heterocycles. The molecule has 0 radical (unpaired) electrons. The second kappa shape index (κ2) is 14.1. The van der Waals surface area contributed by atoms with Gasteiger partial charge in [-0.15, -0.1) is 0 Å². The number of aromatic nitrogens is 1. The van der Waals surface area contributed by atoms with Crippen LogP contribution in [-0.2, 0) is 19.1 Å². The predicted octanol–water partition coefficient (Wildman–Crippen LogP) is 4.51. The number of hydrogen-bond acceptors (Lipinski definition) is 10. The van der Waals surface area contributed by atoms with Gasteiger partial charge in [-0.1, -0.05) is 17.4 Å². The maximum absolute atomic E-state index is 14.0. The molecule has 2 aromatic carbocycles. The molecule has 0 N–H and O–H groups in total. The van der Waals surface area contributed by atoms with Gasteiger partial charge in [-0.25, -0.2) is 14.6 Å². The molecule has 0 spiro atoms. The normalized spacial score (nSPS) is 14.7. The average Bonchev–Trinajstić information content (AvgIpc) is 3.25. The van der Waals surface area contributed by atoms with Crippen LogP contribution in [0.15, 0.2) is 55.9 Å². The number of carbonyl (C=O) groups excluding carboxylic acids is 2. The third-order valence-corrected chi connectivity index (χ3v) is 8.64. The van der Waals surface area contributed by atoms with Gasteiger partial charge in [-0.2, -0.15) is 0 Å². The molecule has 10 nitrogen and oxygen atoms in total. The summed E-state index contributed by atoms with van der Waals surface area (Å²) in [4.78, 5) is 43.9. The van der Waals surface area contributed by atoms with E-state index in [4.69, 9.17) is 18.9 Å². The van der Waals surface area contributed by atoms with Gasteiger partial charge in [0.2, 0.25) is 0 Å². The number of rotatable bonds is 10. The number of ether oxygens (including phenoxy) is 5. The van der Waals surface area contributed by atoms with Crippen molar-refractivity contribution in [3.05, 3.63) is 80.5 Å². The zero-order valence-electron chi connectivity index (χ0n) is 24.4. The van der Waals surface area contributed by atoms with Gasteiger partial charge in [-0.05, 0) is 108 Å². The van der Waals surface area contributed by atoms with Crippen molar-refractivity contribution in [2.75, 3.05) is 27.4 Å². The molecule has 0 fully saturated rings. The van der Waals surface area contributed by atoms with E-state index in [1.54, 1.807) is 38.1 Å². The van der Waals surface area contributed by atoms with Gasteiger partial charge in [0.25, 0.3) is 5.56 Å². The lowest BCUT2D eigenvalue weighted by atomic mass is 9.95. The van der Waals surface area contributed by atoms with Crippen LogP contribution in [0.1, 0.15) is 44.9 Å². The van der Waals surface area contributed by atoms with Crippen molar-refractivity contribution < 1.29 is 33.3 Å². The standard InChI is InChI=1S/C30H30BrIN2O8S/c1-7-40-29(37)25-16(4)33-30-34(26(25)18-8-9-21(42-15(2)3)22(13-18)38-5)28(36)23(43-30)12-17-10-19(31)27(20(32)11-17)41-14-24(35)39-6/h8-13,15,26H,7,14H2,1-6H3/b23-12-/t26-/m0/s1. The number of halogens is 2. The van der Waals surface area contributed by atoms with E-state index in [2.05, 4.69) is 48.3 Å². The Morgan fingerprint density at radius 2 is 1.93 bits per heavy atom. The van der Waals surface area contributed by atoms with Crippen molar-refractivity contribution >= 4 is 67.9 Å². The van der Waals surface area contributed by atoms with Gasteiger partial charge in [0.05, 0.1) is 56.8 Å². The highest BCUT2D eigenvalue weighted by molar-refractivity contribution is 14.1. The zero-order valence-corrected chi connectivity index (χ0v) is 28.9. The Bertz CT molecular complexity index is 1760. The Morgan fingerprint density at radius 3 is 2.56 bits per heavy atom. The molecular weight excluding hydrogens is 755 g/mol. The smallest absolute Gasteiger partial charge is 0.343 e. The van der Waals surface area contributed by atoms with Gasteiger partial charge < -0.3 is 23.7 Å². The molecule has 1 aliphatic heterocycles. The molecule has 228 valence electrons. The third-order valence-electron chi connectivity index (χ3n) is 6.26. The fraction of sp³-hybridized carbons (Fsp3) is 0.333. The first-order valence-electron chi connectivity index (χ1n) is 13.2. The molecule has 0 saturated heterocycles. The van der Waals surface area contributed by atoms with Crippen molar-refractivity contribution in [2.45, 2.75) is 39.8 Å². The maximum atomic E-state index is 14.0. The summed E-state index contributed by atoms with van der Waals surface area (Å²) in [5.74, 6) is 0.453. The number of nitrogens with zero attached hydrogens (tertiary/aromatic N) is 2. The lowest BCUT2D eigenvalue weighted by Crippen LogP contribution is -2.40. The van der Waals surface area contributed by atoms with Gasteiger partial charge in [0, 0.05) is 0 Å². The number of fused-ring (bicyclic) bond motifs is 1. The molecule has 4 rings (SSSR count). The van der Waals surface area contributed by atoms with E-state index in [0.29, 0.717) is 42.3 Å². The summed E-state index contributed by atoms with van der Waals surface area (Å²) >= 11 is 6.82. The lowest BCUT2D eigenvalue weighted by Gasteiger charge is -2.25. The first-order valence-corrected chi connectivity index (χ1v) is 15.9. The molecule has 0 saturated carbocycles. The molecule has 0 unspecified atom stereocenters. The molecule has 0 amide bonds. The summed E-state index contributed by atoms with van der Waals surface area (Å²) < 4.78 is 30.4. The van der Waals surface area contributed by atoms with Crippen molar-refractivity contribution in [3.63, 3.8) is 0 Å². The van der Waals surface area contributed by atoms with E-state index < -0.39 is 18.0 Å². The quantitative estimate of drug-likeness (QED) is 0.218. The van der Waals surface area contributed by atoms with Crippen molar-refractivity contribution in [3.8, 4) is 17.2 Å². The number of methoxy groups -OCH3 is 2. The van der Waals surface area contributed by atoms with Crippen LogP contribution in [0, 0.1) is 3.57 Å². The van der Waals surface area contributed by atoms with E-state index in [1.165, 1.54) is 30.1 Å². The summed E-state index contributed by atoms with van der Waals surface area (Å²) in [7, 11) is 2.83. The van der Waals surface area contributed by atoms with Crippen LogP contribution in [0.5, 0.6) is 17.2 Å². The Kier molecular flexibility index (Phi) is 10.7. The number of carbonyl (C=O) groups is 2. The Balaban J connectivity index is 1.86. The van der Waals surface area contributed by atoms with Crippen LogP contribution in [0.2, 0.25) is 0 Å². The summed E-state index contributed by atoms with van der Waals surface area (Å²) in [6.45, 7) is 7.22. The van der Waals surface area contributed by atoms with Crippen molar-refractivity contribution in [2.24, 2.45) is 4.99 Å². The first kappa shape index (κ1) is 32.7. The SMILES string of the molecule is CCOC(=O)C1=C(C)N=c2s/c(=C\c3cc(Br)c(OCC(=O)OC)c(I)c3)c(=O)n2[C@H]1c1ccc(OC(C)C)c(OC)c1. The summed E-state index contributed by atoms with van der Waals surface area (Å²) in [6, 6.07) is 8.17. The molecule has 2 heterocycles. The van der Waals surface area contributed by atoms with E-state index in [9.17, 15) is 14.4 Å². The maximum Gasteiger partial charge on any atom is 0.343 e. The largest absolute Gasteiger partial charge is 0.493 e. The van der Waals surface area contributed by atoms with Crippen LogP contribution in [-0.4, -0.2) is 50.0 Å². The molecular formula is C30H30BrIN2O8S. The Labute approximate surface area is 274 Å². The summed E-state index contributed by atoms with van der Waals surface area (Å²) in [6.07, 6.45) is 1.67. The summed E-state index contributed by atoms with van der Waals surface area (Å²) in [5.41, 5.74) is 1.78. The third kappa shape index (κ3) is 7.15. The topological polar surface area (TPSA) is 115 Å². The molecule has 0 bridgehead atoms. The van der Waals surface area contributed by atoms with Crippen LogP contribution in [0.4, 0.5) is 0 Å². The molecule has 3 aromatic rings. The second-order valence-electron chi connectivity index (χ2n) is 9.56. The lowest BCUT2D eigenvalue weighted by molar-refractivity contribution is -0.143. The van der Waals surface area contributed by atoms with E-state index in [1.807, 2.05) is 26.0 Å². The number of hydrogen-bond donors (Lipinski definition) is 0. The Hall–Kier alpha value is -3.17. The average molecular weight is 785 g/mol. The molecule has 1 aliphatic rings.